The van der Waals surface area contributed by atoms with Gasteiger partial charge in [-0.25, -0.2) is 4.79 Å². The van der Waals surface area contributed by atoms with Gasteiger partial charge in [0.25, 0.3) is 0 Å². The monoisotopic (exact) mass is 635 g/mol. The molecule has 0 aromatic rings. The predicted molar refractivity (Wildman–Crippen MR) is 183 cm³/mol. The number of hydrogen-bond acceptors (Lipinski definition) is 10. The Morgan fingerprint density at radius 2 is 1.32 bits per heavy atom. The average molecular weight is 635 g/mol. The van der Waals surface area contributed by atoms with Crippen molar-refractivity contribution in [2.75, 3.05) is 53.4 Å². The molecule has 0 aliphatic heterocycles. The van der Waals surface area contributed by atoms with E-state index in [4.69, 9.17) is 10.9 Å². The van der Waals surface area contributed by atoms with Crippen LogP contribution in [0.25, 0.3) is 0 Å². The lowest BCUT2D eigenvalue weighted by Crippen LogP contribution is -2.24. The molecular formula is C32H70N6O6. The summed E-state index contributed by atoms with van der Waals surface area (Å²) < 4.78 is 0. The number of carbonyl (C=O) groups excluding carboxylic acids is 5. The summed E-state index contributed by atoms with van der Waals surface area (Å²) in [5.74, 6) is 1.57. The maximum Gasteiger partial charge on any atom is 0.220 e. The number of hydroxylamine groups is 2. The third kappa shape index (κ3) is 83.4. The number of amides is 2. The molecule has 0 radical (unpaired) electrons. The normalized spacial score (nSPS) is 8.68. The molecule has 0 fully saturated rings. The number of rotatable bonds is 24. The number of nitrogens with one attached hydrogen (secondary N) is 4. The Morgan fingerprint density at radius 1 is 0.795 bits per heavy atom. The Labute approximate surface area is 269 Å². The first kappa shape index (κ1) is 53.9. The van der Waals surface area contributed by atoms with E-state index in [0.29, 0.717) is 25.9 Å². The molecule has 0 aliphatic rings. The van der Waals surface area contributed by atoms with Crippen LogP contribution in [0.2, 0.25) is 0 Å². The van der Waals surface area contributed by atoms with E-state index < -0.39 is 0 Å². The summed E-state index contributed by atoms with van der Waals surface area (Å²) in [5, 5.41) is 21.1. The quantitative estimate of drug-likeness (QED) is 0.0395. The summed E-state index contributed by atoms with van der Waals surface area (Å²) in [5.41, 5.74) is 5.28. The van der Waals surface area contributed by atoms with Gasteiger partial charge in [0.15, 0.2) is 0 Å². The maximum absolute atomic E-state index is 11.0. The zero-order valence-corrected chi connectivity index (χ0v) is 29.3. The molecule has 12 heteroatoms. The van der Waals surface area contributed by atoms with E-state index in [2.05, 4.69) is 21.3 Å². The first-order chi connectivity index (χ1) is 21.4. The molecule has 2 amide bonds. The summed E-state index contributed by atoms with van der Waals surface area (Å²) in [4.78, 5) is 49.9. The van der Waals surface area contributed by atoms with Gasteiger partial charge in [-0.15, -0.1) is 0 Å². The lowest BCUT2D eigenvalue weighted by Gasteiger charge is -2.06. The van der Waals surface area contributed by atoms with Crippen LogP contribution in [0.1, 0.15) is 118 Å². The van der Waals surface area contributed by atoms with Gasteiger partial charge in [0.2, 0.25) is 12.3 Å². The van der Waals surface area contributed by atoms with Crippen LogP contribution in [-0.4, -0.2) is 94.5 Å². The van der Waals surface area contributed by atoms with Crippen molar-refractivity contribution < 1.29 is 29.2 Å². The van der Waals surface area contributed by atoms with Gasteiger partial charge in [0.05, 0.1) is 6.20 Å². The lowest BCUT2D eigenvalue weighted by atomic mass is 10.2. The van der Waals surface area contributed by atoms with E-state index >= 15 is 0 Å². The zero-order valence-electron chi connectivity index (χ0n) is 29.3. The minimum atomic E-state index is -0.0758. The van der Waals surface area contributed by atoms with E-state index in [1.807, 2.05) is 41.7 Å². The summed E-state index contributed by atoms with van der Waals surface area (Å²) in [6, 6.07) is 0. The molecular weight excluding hydrogens is 564 g/mol. The molecule has 0 bridgehead atoms. The van der Waals surface area contributed by atoms with E-state index in [1.54, 1.807) is 13.0 Å². The second-order valence-electron chi connectivity index (χ2n) is 8.75. The molecule has 0 unspecified atom stereocenters. The van der Waals surface area contributed by atoms with Gasteiger partial charge in [0, 0.05) is 52.5 Å². The van der Waals surface area contributed by atoms with Crippen LogP contribution in [0.4, 0.5) is 0 Å². The maximum atomic E-state index is 11.0. The van der Waals surface area contributed by atoms with Crippen LogP contribution < -0.4 is 27.0 Å². The van der Waals surface area contributed by atoms with Gasteiger partial charge in [0.1, 0.15) is 18.5 Å². The number of nitrogens with two attached hydrogens (primary N) is 1. The van der Waals surface area contributed by atoms with Crippen molar-refractivity contribution in [3.8, 4) is 0 Å². The van der Waals surface area contributed by atoms with Crippen LogP contribution in [-0.2, 0) is 24.0 Å². The predicted octanol–water partition coefficient (Wildman–Crippen LogP) is 3.78. The van der Waals surface area contributed by atoms with Crippen molar-refractivity contribution >= 4 is 30.8 Å². The molecule has 0 saturated heterocycles. The summed E-state index contributed by atoms with van der Waals surface area (Å²) in [7, 11) is 3.64. The van der Waals surface area contributed by atoms with Gasteiger partial charge in [-0.2, -0.15) is 5.06 Å². The molecule has 0 heterocycles. The Kier molecular flexibility index (Phi) is 77.9. The van der Waals surface area contributed by atoms with Gasteiger partial charge >= 0.3 is 0 Å². The van der Waals surface area contributed by atoms with Crippen molar-refractivity contribution in [3.05, 3.63) is 6.20 Å². The van der Waals surface area contributed by atoms with Gasteiger partial charge in [-0.05, 0) is 71.5 Å². The van der Waals surface area contributed by atoms with E-state index in [-0.39, 0.29) is 18.7 Å². The fourth-order valence-electron chi connectivity index (χ4n) is 2.69. The molecule has 0 aromatic carbocycles. The molecule has 44 heavy (non-hydrogen) atoms. The van der Waals surface area contributed by atoms with Crippen LogP contribution >= 0.6 is 0 Å². The molecule has 264 valence electrons. The van der Waals surface area contributed by atoms with E-state index in [9.17, 15) is 24.0 Å². The molecule has 0 saturated carbocycles. The summed E-state index contributed by atoms with van der Waals surface area (Å²) >= 11 is 0. The fourth-order valence-corrected chi connectivity index (χ4v) is 2.69. The van der Waals surface area contributed by atoms with Crippen molar-refractivity contribution in [3.63, 3.8) is 0 Å². The van der Waals surface area contributed by atoms with E-state index in [0.717, 1.165) is 90.1 Å². The number of aldehydes is 2. The topological polar surface area (TPSA) is 183 Å². The highest BCUT2D eigenvalue weighted by molar-refractivity contribution is 5.77. The van der Waals surface area contributed by atoms with Crippen molar-refractivity contribution in [1.82, 2.24) is 26.3 Å². The number of carbonyl (C=O) groups is 4. The standard InChI is InChI=1S/C10H18N2O3.C7H18N2O.C7H14N2O.C4H8O.2C2H6/c13-8-4-5-10(15)12-7-3-1-2-6-11-9-14;1-8-6-4-3-5-7-9(2)10;8-4-2-1-3-5-9-6-7-10;1-2-3-4-5;2*1-2/h8-9H,1-7H2,(H,11,14)(H,12,15);8,10H,3-7H2,1-2H3;6,9H,1-5,8H2;4H,2-3H2,1H3;2*1-2H3. The highest BCUT2D eigenvalue weighted by Gasteiger charge is 1.98. The lowest BCUT2D eigenvalue weighted by molar-refractivity contribution is -0.122. The third-order valence-electron chi connectivity index (χ3n) is 4.89. The van der Waals surface area contributed by atoms with Crippen LogP contribution in [0.15, 0.2) is 6.20 Å². The van der Waals surface area contributed by atoms with Crippen molar-refractivity contribution in [2.45, 2.75) is 118 Å². The molecule has 12 nitrogen and oxygen atoms in total. The highest BCUT2D eigenvalue weighted by Crippen LogP contribution is 1.94. The molecule has 0 atom stereocenters. The first-order valence-corrected chi connectivity index (χ1v) is 16.4. The molecule has 7 N–H and O–H groups in total. The molecule has 0 aliphatic carbocycles. The number of hydrogen-bond donors (Lipinski definition) is 6. The smallest absolute Gasteiger partial charge is 0.220 e. The first-order valence-electron chi connectivity index (χ1n) is 16.4. The minimum absolute atomic E-state index is 0.0758. The average Bonchev–Trinajstić information content (AvgIpc) is 3.04. The molecule has 0 rings (SSSR count). The Balaban J connectivity index is -0.000000110. The minimum Gasteiger partial charge on any atom is -0.382 e. The SMILES string of the molecule is CC.CC.CCCC=O.CNCCCCCN(C)O.NCCCCCNC=C=O.O=CCCC(=O)NCCCCCNC=O. The van der Waals surface area contributed by atoms with Crippen LogP contribution in [0.3, 0.4) is 0 Å². The Morgan fingerprint density at radius 3 is 1.77 bits per heavy atom. The highest BCUT2D eigenvalue weighted by atomic mass is 16.5. The second-order valence-corrected chi connectivity index (χ2v) is 8.75. The Hall–Kier alpha value is -2.63. The van der Waals surface area contributed by atoms with Crippen molar-refractivity contribution in [1.29, 1.82) is 0 Å². The third-order valence-corrected chi connectivity index (χ3v) is 4.89. The summed E-state index contributed by atoms with van der Waals surface area (Å²) in [6.45, 7) is 14.8. The van der Waals surface area contributed by atoms with Crippen LogP contribution in [0, 0.1) is 0 Å². The van der Waals surface area contributed by atoms with Gasteiger partial charge < -0.3 is 41.8 Å². The van der Waals surface area contributed by atoms with Crippen LogP contribution in [0.5, 0.6) is 0 Å². The summed E-state index contributed by atoms with van der Waals surface area (Å²) in [6.07, 6.45) is 15.4. The van der Waals surface area contributed by atoms with E-state index in [1.165, 1.54) is 24.1 Å². The zero-order chi connectivity index (χ0) is 35.0. The number of unbranched alkanes of at least 4 members (excludes halogenated alkanes) is 7. The Bertz CT molecular complexity index is 577. The van der Waals surface area contributed by atoms with Crippen molar-refractivity contribution in [2.24, 2.45) is 5.73 Å². The van der Waals surface area contributed by atoms with Gasteiger partial charge in [-0.3, -0.25) is 9.59 Å². The fraction of sp³-hybridized carbons (Fsp3) is 0.812. The number of nitrogens with zero attached hydrogens (tertiary/aromatic N) is 1. The van der Waals surface area contributed by atoms with Gasteiger partial charge in [-0.1, -0.05) is 47.5 Å². The molecule has 0 spiro atoms. The second kappa shape index (κ2) is 63.6. The largest absolute Gasteiger partial charge is 0.382 e. The molecule has 0 aromatic heterocycles.